The molecule has 3 aromatic rings. The summed E-state index contributed by atoms with van der Waals surface area (Å²) in [5, 5.41) is 24.3. The summed E-state index contributed by atoms with van der Waals surface area (Å²) in [7, 11) is 0. The van der Waals surface area contributed by atoms with Crippen LogP contribution in [0.1, 0.15) is 40.2 Å². The number of ether oxygens (including phenoxy) is 1. The third-order valence-corrected chi connectivity index (χ3v) is 6.36. The van der Waals surface area contributed by atoms with Gasteiger partial charge in [-0.3, -0.25) is 4.79 Å². The van der Waals surface area contributed by atoms with Gasteiger partial charge in [-0.1, -0.05) is 48.5 Å². The number of alkyl carbamates (subject to hydrolysis) is 1. The van der Waals surface area contributed by atoms with Crippen LogP contribution in [-0.2, 0) is 9.53 Å². The largest absolute Gasteiger partial charge is 0.506 e. The molecular formula is C26H22N2O6. The van der Waals surface area contributed by atoms with Gasteiger partial charge in [0.05, 0.1) is 11.3 Å². The van der Waals surface area contributed by atoms with Crippen molar-refractivity contribution >= 4 is 23.7 Å². The number of rotatable bonds is 6. The monoisotopic (exact) mass is 458 g/mol. The zero-order valence-electron chi connectivity index (χ0n) is 18.1. The molecule has 2 aliphatic carbocycles. The molecule has 0 bridgehead atoms. The van der Waals surface area contributed by atoms with Crippen LogP contribution in [0.5, 0.6) is 5.75 Å². The minimum absolute atomic E-state index is 0.0366. The maximum atomic E-state index is 12.8. The average Bonchev–Trinajstić information content (AvgIpc) is 3.54. The number of phenols is 1. The molecule has 0 saturated heterocycles. The fraction of sp³-hybridized carbons (Fsp3) is 0.192. The summed E-state index contributed by atoms with van der Waals surface area (Å²) in [5.74, 6) is -2.10. The van der Waals surface area contributed by atoms with E-state index in [1.165, 1.54) is 18.2 Å². The number of benzene rings is 3. The molecule has 2 amide bonds. The normalized spacial score (nSPS) is 15.1. The van der Waals surface area contributed by atoms with Gasteiger partial charge in [0.1, 0.15) is 17.9 Å². The molecule has 0 atom stereocenters. The van der Waals surface area contributed by atoms with E-state index in [0.717, 1.165) is 22.3 Å². The summed E-state index contributed by atoms with van der Waals surface area (Å²) in [6.45, 7) is 0.124. The van der Waals surface area contributed by atoms with E-state index in [2.05, 4.69) is 10.6 Å². The third-order valence-electron chi connectivity index (χ3n) is 6.36. The second-order valence-electron chi connectivity index (χ2n) is 8.52. The molecule has 0 spiro atoms. The number of carbonyl (C=O) groups is 3. The SMILES string of the molecule is O=C(NC1(C(=O)Nc2cc(C(=O)O)ccc2O)CC1)OCC1c2ccccc2-c2ccccc21. The van der Waals surface area contributed by atoms with Crippen molar-refractivity contribution in [3.63, 3.8) is 0 Å². The van der Waals surface area contributed by atoms with Crippen LogP contribution in [0.2, 0.25) is 0 Å². The maximum Gasteiger partial charge on any atom is 0.408 e. The summed E-state index contributed by atoms with van der Waals surface area (Å²) in [6.07, 6.45) is 0.100. The highest BCUT2D eigenvalue weighted by Gasteiger charge is 2.52. The highest BCUT2D eigenvalue weighted by atomic mass is 16.5. The van der Waals surface area contributed by atoms with E-state index >= 15 is 0 Å². The molecule has 0 radical (unpaired) electrons. The number of hydrogen-bond donors (Lipinski definition) is 4. The fourth-order valence-corrected chi connectivity index (χ4v) is 4.37. The first-order valence-electron chi connectivity index (χ1n) is 10.9. The van der Waals surface area contributed by atoms with Gasteiger partial charge < -0.3 is 25.6 Å². The Bertz CT molecular complexity index is 1270. The van der Waals surface area contributed by atoms with Crippen LogP contribution in [-0.4, -0.2) is 40.3 Å². The van der Waals surface area contributed by atoms with Crippen LogP contribution in [0, 0.1) is 0 Å². The first-order valence-corrected chi connectivity index (χ1v) is 10.9. The van der Waals surface area contributed by atoms with Gasteiger partial charge in [0.2, 0.25) is 5.91 Å². The number of carboxylic acids is 1. The lowest BCUT2D eigenvalue weighted by atomic mass is 9.98. The molecule has 1 fully saturated rings. The standard InChI is InChI=1S/C26H22N2O6/c29-22-10-9-15(23(30)31)13-21(22)27-24(32)26(11-12-26)28-25(33)34-14-20-18-7-3-1-5-16(18)17-6-2-4-8-19(17)20/h1-10,13,20,29H,11-12,14H2,(H,27,32)(H,28,33)(H,30,31). The summed E-state index contributed by atoms with van der Waals surface area (Å²) >= 11 is 0. The fourth-order valence-electron chi connectivity index (χ4n) is 4.37. The molecule has 172 valence electrons. The quantitative estimate of drug-likeness (QED) is 0.412. The number of phenolic OH excluding ortho intramolecular Hbond substituents is 1. The van der Waals surface area contributed by atoms with Crippen molar-refractivity contribution in [1.29, 1.82) is 0 Å². The molecule has 0 heterocycles. The second kappa shape index (κ2) is 8.22. The number of carbonyl (C=O) groups excluding carboxylic acids is 2. The number of nitrogens with one attached hydrogen (secondary N) is 2. The smallest absolute Gasteiger partial charge is 0.408 e. The number of fused-ring (bicyclic) bond motifs is 3. The Hall–Kier alpha value is -4.33. The minimum Gasteiger partial charge on any atom is -0.506 e. The van der Waals surface area contributed by atoms with Crippen molar-refractivity contribution in [3.05, 3.63) is 83.4 Å². The molecule has 1 saturated carbocycles. The maximum absolute atomic E-state index is 12.8. The van der Waals surface area contributed by atoms with Crippen molar-refractivity contribution in [3.8, 4) is 16.9 Å². The topological polar surface area (TPSA) is 125 Å². The lowest BCUT2D eigenvalue weighted by Gasteiger charge is -2.19. The molecule has 8 nitrogen and oxygen atoms in total. The van der Waals surface area contributed by atoms with Gasteiger partial charge in [-0.05, 0) is 53.3 Å². The van der Waals surface area contributed by atoms with E-state index in [1.54, 1.807) is 0 Å². The van der Waals surface area contributed by atoms with E-state index in [4.69, 9.17) is 9.84 Å². The van der Waals surface area contributed by atoms with Crippen LogP contribution in [0.4, 0.5) is 10.5 Å². The van der Waals surface area contributed by atoms with Gasteiger partial charge in [0, 0.05) is 5.92 Å². The molecule has 5 rings (SSSR count). The Morgan fingerprint density at radius 2 is 1.56 bits per heavy atom. The predicted molar refractivity (Wildman–Crippen MR) is 124 cm³/mol. The van der Waals surface area contributed by atoms with Crippen LogP contribution in [0.25, 0.3) is 11.1 Å². The summed E-state index contributed by atoms with van der Waals surface area (Å²) in [6, 6.07) is 19.6. The second-order valence-corrected chi connectivity index (χ2v) is 8.52. The predicted octanol–water partition coefficient (Wildman–Crippen LogP) is 4.10. The molecule has 0 unspecified atom stereocenters. The Morgan fingerprint density at radius 3 is 2.15 bits per heavy atom. The molecule has 3 aromatic carbocycles. The molecule has 34 heavy (non-hydrogen) atoms. The number of aromatic hydroxyl groups is 1. The zero-order valence-corrected chi connectivity index (χ0v) is 18.1. The minimum atomic E-state index is -1.19. The Morgan fingerprint density at radius 1 is 0.941 bits per heavy atom. The van der Waals surface area contributed by atoms with E-state index < -0.39 is 23.5 Å². The first kappa shape index (κ1) is 21.5. The number of carboxylic acid groups (broad SMARTS) is 1. The number of anilines is 1. The van der Waals surface area contributed by atoms with Crippen molar-refractivity contribution in [1.82, 2.24) is 5.32 Å². The van der Waals surface area contributed by atoms with E-state index in [9.17, 15) is 19.5 Å². The highest BCUT2D eigenvalue weighted by molar-refractivity contribution is 6.03. The van der Waals surface area contributed by atoms with Crippen LogP contribution >= 0.6 is 0 Å². The Labute approximate surface area is 195 Å². The number of aromatic carboxylic acids is 1. The van der Waals surface area contributed by atoms with Gasteiger partial charge >= 0.3 is 12.1 Å². The average molecular weight is 458 g/mol. The van der Waals surface area contributed by atoms with E-state index in [1.807, 2.05) is 48.5 Å². The zero-order chi connectivity index (χ0) is 23.9. The van der Waals surface area contributed by atoms with Gasteiger partial charge in [-0.25, -0.2) is 9.59 Å². The summed E-state index contributed by atoms with van der Waals surface area (Å²) in [4.78, 5) is 36.6. The van der Waals surface area contributed by atoms with Crippen LogP contribution in [0.15, 0.2) is 66.7 Å². The molecular weight excluding hydrogens is 436 g/mol. The van der Waals surface area contributed by atoms with E-state index in [-0.39, 0.29) is 29.5 Å². The van der Waals surface area contributed by atoms with Crippen LogP contribution in [0.3, 0.4) is 0 Å². The lowest BCUT2D eigenvalue weighted by Crippen LogP contribution is -2.46. The molecule has 0 aliphatic heterocycles. The Balaban J connectivity index is 1.25. The van der Waals surface area contributed by atoms with Gasteiger partial charge in [0.25, 0.3) is 0 Å². The third kappa shape index (κ3) is 3.83. The highest BCUT2D eigenvalue weighted by Crippen LogP contribution is 2.44. The number of amides is 2. The van der Waals surface area contributed by atoms with Crippen molar-refractivity contribution in [2.45, 2.75) is 24.3 Å². The van der Waals surface area contributed by atoms with Crippen LogP contribution < -0.4 is 10.6 Å². The lowest BCUT2D eigenvalue weighted by molar-refractivity contribution is -0.119. The summed E-state index contributed by atoms with van der Waals surface area (Å²) < 4.78 is 5.53. The van der Waals surface area contributed by atoms with Gasteiger partial charge in [-0.15, -0.1) is 0 Å². The Kier molecular flexibility index (Phi) is 5.20. The van der Waals surface area contributed by atoms with Gasteiger partial charge in [0.15, 0.2) is 0 Å². The van der Waals surface area contributed by atoms with Crippen molar-refractivity contribution < 1.29 is 29.3 Å². The molecule has 2 aliphatic rings. The van der Waals surface area contributed by atoms with Gasteiger partial charge in [-0.2, -0.15) is 0 Å². The molecule has 0 aromatic heterocycles. The van der Waals surface area contributed by atoms with E-state index in [0.29, 0.717) is 12.8 Å². The molecule has 8 heteroatoms. The molecule has 4 N–H and O–H groups in total. The van der Waals surface area contributed by atoms with Crippen molar-refractivity contribution in [2.75, 3.05) is 11.9 Å². The number of hydrogen-bond acceptors (Lipinski definition) is 5. The van der Waals surface area contributed by atoms with Crippen molar-refractivity contribution in [2.24, 2.45) is 0 Å². The first-order chi connectivity index (χ1) is 16.4. The summed E-state index contributed by atoms with van der Waals surface area (Å²) in [5.41, 5.74) is 3.14.